The van der Waals surface area contributed by atoms with Crippen LogP contribution in [0.3, 0.4) is 0 Å². The van der Waals surface area contributed by atoms with Crippen LogP contribution in [0.1, 0.15) is 17.0 Å². The molecule has 2 aromatic carbocycles. The first-order valence-electron chi connectivity index (χ1n) is 8.75. The third-order valence-electron chi connectivity index (χ3n) is 4.95. The number of carbonyl (C=O) groups is 1. The number of phenolic OH excluding ortho intramolecular Hbond substituents is 1. The van der Waals surface area contributed by atoms with Crippen molar-refractivity contribution < 1.29 is 33.3 Å². The second-order valence-corrected chi connectivity index (χ2v) is 6.44. The zero-order valence-corrected chi connectivity index (χ0v) is 15.9. The van der Waals surface area contributed by atoms with Gasteiger partial charge < -0.3 is 28.5 Å². The number of rotatable bonds is 4. The van der Waals surface area contributed by atoms with Crippen LogP contribution in [0.15, 0.2) is 45.6 Å². The number of ether oxygens (including phenoxy) is 4. The van der Waals surface area contributed by atoms with E-state index in [1.54, 1.807) is 24.3 Å². The van der Waals surface area contributed by atoms with E-state index >= 15 is 0 Å². The van der Waals surface area contributed by atoms with Gasteiger partial charge in [0.2, 0.25) is 11.9 Å². The molecule has 3 aromatic rings. The number of fused-ring (bicyclic) bond motifs is 3. The lowest BCUT2D eigenvalue weighted by atomic mass is 9.88. The summed E-state index contributed by atoms with van der Waals surface area (Å²) in [7, 11) is 4.01. The van der Waals surface area contributed by atoms with Gasteiger partial charge in [0.1, 0.15) is 11.3 Å². The van der Waals surface area contributed by atoms with Crippen LogP contribution in [0.4, 0.5) is 0 Å². The van der Waals surface area contributed by atoms with Crippen LogP contribution in [0.5, 0.6) is 23.0 Å². The van der Waals surface area contributed by atoms with Crippen LogP contribution in [-0.2, 0) is 9.53 Å². The highest BCUT2D eigenvalue weighted by atomic mass is 16.6. The number of hydrogen-bond donors (Lipinski definition) is 1. The average Bonchev–Trinajstić information content (AvgIpc) is 3.15. The molecule has 1 aromatic heterocycles. The van der Waals surface area contributed by atoms with E-state index in [9.17, 15) is 14.7 Å². The maximum absolute atomic E-state index is 12.8. The van der Waals surface area contributed by atoms with Crippen LogP contribution in [0, 0.1) is 0 Å². The number of aromatic hydroxyl groups is 1. The molecule has 1 aliphatic rings. The summed E-state index contributed by atoms with van der Waals surface area (Å²) in [4.78, 5) is 25.3. The van der Waals surface area contributed by atoms with Crippen LogP contribution >= 0.6 is 0 Å². The molecule has 0 spiro atoms. The Kier molecular flexibility index (Phi) is 4.54. The van der Waals surface area contributed by atoms with E-state index in [4.69, 9.17) is 23.4 Å². The number of esters is 1. The van der Waals surface area contributed by atoms with Crippen molar-refractivity contribution in [1.82, 2.24) is 0 Å². The lowest BCUT2D eigenvalue weighted by Crippen LogP contribution is -2.31. The zero-order valence-electron chi connectivity index (χ0n) is 15.9. The van der Waals surface area contributed by atoms with Crippen LogP contribution in [0.25, 0.3) is 11.0 Å². The Bertz CT molecular complexity index is 1140. The fourth-order valence-corrected chi connectivity index (χ4v) is 3.61. The van der Waals surface area contributed by atoms with Gasteiger partial charge in [0.05, 0.1) is 38.2 Å². The summed E-state index contributed by atoms with van der Waals surface area (Å²) in [6.45, 7) is 0. The van der Waals surface area contributed by atoms with Gasteiger partial charge in [0.15, 0.2) is 11.5 Å². The van der Waals surface area contributed by atoms with E-state index in [1.165, 1.54) is 33.5 Å². The molecule has 8 heteroatoms. The van der Waals surface area contributed by atoms with E-state index in [1.807, 2.05) is 0 Å². The summed E-state index contributed by atoms with van der Waals surface area (Å²) < 4.78 is 26.7. The minimum absolute atomic E-state index is 0.126. The lowest BCUT2D eigenvalue weighted by molar-refractivity contribution is -0.148. The first kappa shape index (κ1) is 18.7. The van der Waals surface area contributed by atoms with Gasteiger partial charge >= 0.3 is 11.6 Å². The first-order chi connectivity index (χ1) is 14.0. The van der Waals surface area contributed by atoms with Crippen molar-refractivity contribution in [1.29, 1.82) is 0 Å². The molecule has 0 bridgehead atoms. The molecule has 0 saturated heterocycles. The highest BCUT2D eigenvalue weighted by Gasteiger charge is 2.45. The third-order valence-corrected chi connectivity index (χ3v) is 4.95. The monoisotopic (exact) mass is 398 g/mol. The van der Waals surface area contributed by atoms with Crippen molar-refractivity contribution in [3.63, 3.8) is 0 Å². The molecule has 0 amide bonds. The number of phenols is 1. The van der Waals surface area contributed by atoms with Gasteiger partial charge in [0, 0.05) is 0 Å². The second kappa shape index (κ2) is 7.05. The Morgan fingerprint density at radius 2 is 1.72 bits per heavy atom. The Hall–Kier alpha value is -3.68. The van der Waals surface area contributed by atoms with Gasteiger partial charge in [-0.3, -0.25) is 0 Å². The predicted octanol–water partition coefficient (Wildman–Crippen LogP) is 2.58. The molecule has 150 valence electrons. The van der Waals surface area contributed by atoms with Crippen molar-refractivity contribution in [2.45, 2.75) is 12.0 Å². The molecule has 29 heavy (non-hydrogen) atoms. The molecule has 2 atom stereocenters. The van der Waals surface area contributed by atoms with E-state index in [2.05, 4.69) is 0 Å². The third kappa shape index (κ3) is 2.84. The smallest absolute Gasteiger partial charge is 0.348 e. The SMILES string of the molecule is COC(=O)[C@@H]1Oc2c(c(=O)oc3ccccc23)[C@H]1c1cc(OC)c(O)c(OC)c1. The molecule has 0 radical (unpaired) electrons. The van der Waals surface area contributed by atoms with Gasteiger partial charge in [-0.25, -0.2) is 9.59 Å². The number of methoxy groups -OCH3 is 3. The second-order valence-electron chi connectivity index (χ2n) is 6.44. The van der Waals surface area contributed by atoms with Crippen LogP contribution < -0.4 is 19.8 Å². The quantitative estimate of drug-likeness (QED) is 0.528. The molecule has 8 nitrogen and oxygen atoms in total. The average molecular weight is 398 g/mol. The van der Waals surface area contributed by atoms with E-state index in [0.29, 0.717) is 16.5 Å². The zero-order chi connectivity index (χ0) is 20.7. The molecule has 2 heterocycles. The van der Waals surface area contributed by atoms with Crippen molar-refractivity contribution in [3.05, 3.63) is 57.9 Å². The molecular weight excluding hydrogens is 380 g/mol. The Morgan fingerprint density at radius 1 is 1.07 bits per heavy atom. The standard InChI is InChI=1S/C21H18O8/c1-25-13-8-10(9-14(26-2)17(13)22)15-16-18(29-19(15)21(24)27-3)11-6-4-5-7-12(11)28-20(16)23/h4-9,15,19,22H,1-3H3/t15-,19-/m1/s1. The summed E-state index contributed by atoms with van der Waals surface area (Å²) >= 11 is 0. The molecule has 1 N–H and O–H groups in total. The first-order valence-corrected chi connectivity index (χ1v) is 8.75. The summed E-state index contributed by atoms with van der Waals surface area (Å²) in [6, 6.07) is 9.94. The summed E-state index contributed by atoms with van der Waals surface area (Å²) in [5.74, 6) is -1.17. The van der Waals surface area contributed by atoms with Crippen LogP contribution in [-0.4, -0.2) is 38.5 Å². The summed E-state index contributed by atoms with van der Waals surface area (Å²) in [5.41, 5.74) is 0.379. The van der Waals surface area contributed by atoms with Crippen molar-refractivity contribution in [2.75, 3.05) is 21.3 Å². The van der Waals surface area contributed by atoms with Crippen molar-refractivity contribution in [3.8, 4) is 23.0 Å². The van der Waals surface area contributed by atoms with Crippen molar-refractivity contribution >= 4 is 16.9 Å². The molecular formula is C21H18O8. The fourth-order valence-electron chi connectivity index (χ4n) is 3.61. The number of benzene rings is 2. The van der Waals surface area contributed by atoms with Gasteiger partial charge in [-0.1, -0.05) is 12.1 Å². The van der Waals surface area contributed by atoms with Gasteiger partial charge in [-0.05, 0) is 29.8 Å². The maximum Gasteiger partial charge on any atom is 0.348 e. The minimum Gasteiger partial charge on any atom is -0.502 e. The number of carbonyl (C=O) groups excluding carboxylic acids is 1. The van der Waals surface area contributed by atoms with Gasteiger partial charge in [0.25, 0.3) is 0 Å². The largest absolute Gasteiger partial charge is 0.502 e. The molecule has 4 rings (SSSR count). The molecule has 1 aliphatic heterocycles. The lowest BCUT2D eigenvalue weighted by Gasteiger charge is -2.19. The number of para-hydroxylation sites is 1. The summed E-state index contributed by atoms with van der Waals surface area (Å²) in [6.07, 6.45) is -1.12. The molecule has 0 saturated carbocycles. The van der Waals surface area contributed by atoms with E-state index in [0.717, 1.165) is 0 Å². The molecule has 0 fully saturated rings. The van der Waals surface area contributed by atoms with E-state index < -0.39 is 23.6 Å². The summed E-state index contributed by atoms with van der Waals surface area (Å²) in [5, 5.41) is 10.8. The fraction of sp³-hybridized carbons (Fsp3) is 0.238. The Morgan fingerprint density at radius 3 is 2.34 bits per heavy atom. The Labute approximate surface area is 165 Å². The van der Waals surface area contributed by atoms with Crippen molar-refractivity contribution in [2.24, 2.45) is 0 Å². The Balaban J connectivity index is 2.01. The van der Waals surface area contributed by atoms with E-state index in [-0.39, 0.29) is 28.6 Å². The molecule has 0 unspecified atom stereocenters. The molecule has 0 aliphatic carbocycles. The normalized spacial score (nSPS) is 17.5. The number of hydrogen-bond acceptors (Lipinski definition) is 8. The maximum atomic E-state index is 12.8. The highest BCUT2D eigenvalue weighted by molar-refractivity contribution is 5.88. The van der Waals surface area contributed by atoms with Gasteiger partial charge in [-0.15, -0.1) is 0 Å². The highest BCUT2D eigenvalue weighted by Crippen LogP contribution is 2.47. The predicted molar refractivity (Wildman–Crippen MR) is 102 cm³/mol. The van der Waals surface area contributed by atoms with Gasteiger partial charge in [-0.2, -0.15) is 0 Å². The van der Waals surface area contributed by atoms with Crippen LogP contribution in [0.2, 0.25) is 0 Å². The topological polar surface area (TPSA) is 104 Å². The minimum atomic E-state index is -1.12.